The molecule has 0 heterocycles. The Morgan fingerprint density at radius 2 is 1.50 bits per heavy atom. The standard InChI is InChI=1S/HNO5S.H2O/c2-1(3)7(4,5)6;/h(H,4,5,6);1H2. The Hall–Kier alpha value is -0.730. The maximum absolute atomic E-state index is 9.08. The van der Waals surface area contributed by atoms with E-state index in [-0.39, 0.29) is 5.48 Å². The minimum absolute atomic E-state index is 0. The summed E-state index contributed by atoms with van der Waals surface area (Å²) in [4.78, 5) is 8.93. The lowest BCUT2D eigenvalue weighted by Gasteiger charge is -1.90. The highest BCUT2D eigenvalue weighted by Crippen LogP contribution is 1.76. The highest BCUT2D eigenvalue weighted by atomic mass is 32.2. The summed E-state index contributed by atoms with van der Waals surface area (Å²) in [7, 11) is -5.27. The summed E-state index contributed by atoms with van der Waals surface area (Å²) in [6, 6.07) is 0. The molecule has 0 unspecified atom stereocenters. The largest absolute Gasteiger partial charge is 0.689 e. The van der Waals surface area contributed by atoms with Crippen molar-refractivity contribution in [3.8, 4) is 0 Å². The number of nitro groups is 1. The summed E-state index contributed by atoms with van der Waals surface area (Å²) in [5, 5.41) is 8.93. The minimum Gasteiger partial charge on any atom is -0.689 e. The van der Waals surface area contributed by atoms with E-state index in [0.717, 1.165) is 0 Å². The zero-order valence-corrected chi connectivity index (χ0v) is 4.29. The number of hydrogen-bond acceptors (Lipinski definition) is 5. The lowest BCUT2D eigenvalue weighted by molar-refractivity contribution is -0.317. The van der Waals surface area contributed by atoms with E-state index in [1.807, 2.05) is 0 Å². The van der Waals surface area contributed by atoms with Gasteiger partial charge in [-0.1, -0.05) is 0 Å². The molecule has 8 heteroatoms. The van der Waals surface area contributed by atoms with Crippen molar-refractivity contribution in [2.45, 2.75) is 0 Å². The van der Waals surface area contributed by atoms with Crippen LogP contribution >= 0.6 is 0 Å². The van der Waals surface area contributed by atoms with E-state index < -0.39 is 14.6 Å². The van der Waals surface area contributed by atoms with Crippen molar-refractivity contribution in [2.75, 3.05) is 0 Å². The van der Waals surface area contributed by atoms with Crippen LogP contribution in [0.1, 0.15) is 0 Å². The van der Waals surface area contributed by atoms with Gasteiger partial charge in [-0.3, -0.25) is 0 Å². The fourth-order valence-corrected chi connectivity index (χ4v) is 0. The van der Waals surface area contributed by atoms with E-state index in [4.69, 9.17) is 23.1 Å². The summed E-state index contributed by atoms with van der Waals surface area (Å²) in [6.07, 6.45) is 0. The summed E-state index contributed by atoms with van der Waals surface area (Å²) in [5.74, 6) is 0. The first kappa shape index (κ1) is 10.3. The van der Waals surface area contributed by atoms with Crippen molar-refractivity contribution < 1.29 is 22.8 Å². The van der Waals surface area contributed by atoms with Gasteiger partial charge in [-0.25, -0.2) is 10.1 Å². The molecule has 0 aliphatic rings. The molecule has 0 amide bonds. The normalized spacial score (nSPS) is 9.62. The van der Waals surface area contributed by atoms with Gasteiger partial charge in [0, 0.05) is 0 Å². The second kappa shape index (κ2) is 2.55. The first-order valence-electron chi connectivity index (χ1n) is 1.05. The molecule has 7 nitrogen and oxygen atoms in total. The maximum Gasteiger partial charge on any atom is 0.380 e. The second-order valence-corrected chi connectivity index (χ2v) is 1.80. The highest BCUT2D eigenvalue weighted by Gasteiger charge is 2.03. The molecule has 0 aromatic carbocycles. The molecule has 0 aromatic heterocycles. The Kier molecular flexibility index (Phi) is 3.28. The molecule has 0 bridgehead atoms. The second-order valence-electron chi connectivity index (χ2n) is 0.651. The summed E-state index contributed by atoms with van der Waals surface area (Å²) in [6.45, 7) is 0. The molecule has 8 heavy (non-hydrogen) atoms. The average molecular weight is 145 g/mol. The number of hydrogen-bond donors (Lipinski definition) is 0. The molecular formula is H3NO6S. The molecule has 0 aliphatic carbocycles. The predicted molar refractivity (Wildman–Crippen MR) is 21.6 cm³/mol. The van der Waals surface area contributed by atoms with Crippen molar-refractivity contribution in [3.05, 3.63) is 10.1 Å². The smallest absolute Gasteiger partial charge is 0.380 e. The molecule has 0 atom stereocenters. The Bertz CT molecular complexity index is 163. The van der Waals surface area contributed by atoms with E-state index in [1.165, 1.54) is 0 Å². The third-order valence-corrected chi connectivity index (χ3v) is 0.548. The van der Waals surface area contributed by atoms with Crippen LogP contribution in [0, 0.1) is 10.1 Å². The predicted octanol–water partition coefficient (Wildman–Crippen LogP) is -2.20. The zero-order chi connectivity index (χ0) is 6.08. The molecule has 0 aliphatic heterocycles. The molecular weight excluding hydrogens is 142 g/mol. The minimum atomic E-state index is -5.27. The molecule has 0 saturated carbocycles. The van der Waals surface area contributed by atoms with Gasteiger partial charge in [0.15, 0.2) is 0 Å². The molecule has 0 fully saturated rings. The van der Waals surface area contributed by atoms with E-state index in [1.54, 1.807) is 0 Å². The van der Waals surface area contributed by atoms with Gasteiger partial charge in [0.25, 0.3) is 0 Å². The van der Waals surface area contributed by atoms with Gasteiger partial charge in [0.1, 0.15) is 4.33 Å². The van der Waals surface area contributed by atoms with Crippen molar-refractivity contribution in [1.29, 1.82) is 0 Å². The highest BCUT2D eigenvalue weighted by molar-refractivity contribution is 7.79. The number of rotatable bonds is 1. The third kappa shape index (κ3) is 3.46. The topological polar surface area (TPSA) is 133 Å². The zero-order valence-electron chi connectivity index (χ0n) is 3.47. The molecule has 0 spiro atoms. The molecule has 0 rings (SSSR count). The van der Waals surface area contributed by atoms with E-state index in [2.05, 4.69) is 0 Å². The van der Waals surface area contributed by atoms with Crippen LogP contribution in [0.2, 0.25) is 0 Å². The fourth-order valence-electron chi connectivity index (χ4n) is 0. The van der Waals surface area contributed by atoms with Crippen LogP contribution in [-0.2, 0) is 15.8 Å². The average Bonchev–Trinajstić information content (AvgIpc) is 1.31. The Labute approximate surface area is 44.3 Å². The van der Waals surface area contributed by atoms with Crippen molar-refractivity contribution in [3.63, 3.8) is 0 Å². The van der Waals surface area contributed by atoms with Crippen LogP contribution < -0.4 is 0 Å². The molecule has 3 N–H and O–H groups in total. The summed E-state index contributed by atoms with van der Waals surface area (Å²) in [5.41, 5.74) is 0. The molecule has 0 aromatic rings. The fraction of sp³-hybridized carbons (Fsp3) is 0. The van der Waals surface area contributed by atoms with Gasteiger partial charge < -0.3 is 10.0 Å². The lowest BCUT2D eigenvalue weighted by Crippen LogP contribution is -2.09. The van der Waals surface area contributed by atoms with Crippen molar-refractivity contribution in [2.24, 2.45) is 0 Å². The van der Waals surface area contributed by atoms with Gasteiger partial charge >= 0.3 is 10.3 Å². The van der Waals surface area contributed by atoms with Crippen molar-refractivity contribution >= 4 is 10.3 Å². The van der Waals surface area contributed by atoms with E-state index >= 15 is 0 Å². The van der Waals surface area contributed by atoms with Gasteiger partial charge in [-0.05, 0) is 0 Å². The Morgan fingerprint density at radius 3 is 1.50 bits per heavy atom. The first-order valence-corrected chi connectivity index (χ1v) is 2.41. The van der Waals surface area contributed by atoms with Crippen LogP contribution in [0.25, 0.3) is 0 Å². The van der Waals surface area contributed by atoms with Gasteiger partial charge in [0.05, 0.1) is 0 Å². The molecule has 50 valence electrons. The Balaban J connectivity index is 0. The molecule has 0 radical (unpaired) electrons. The quantitative estimate of drug-likeness (QED) is 0.178. The summed E-state index contributed by atoms with van der Waals surface area (Å²) < 4.78 is 25.3. The van der Waals surface area contributed by atoms with Crippen LogP contribution in [0.4, 0.5) is 0 Å². The van der Waals surface area contributed by atoms with Gasteiger partial charge in [0.2, 0.25) is 0 Å². The van der Waals surface area contributed by atoms with E-state index in [9.17, 15) is 0 Å². The van der Waals surface area contributed by atoms with Crippen LogP contribution in [0.3, 0.4) is 0 Å². The third-order valence-electron chi connectivity index (χ3n) is 0.183. The van der Waals surface area contributed by atoms with E-state index in [0.29, 0.717) is 0 Å². The van der Waals surface area contributed by atoms with Crippen molar-refractivity contribution in [1.82, 2.24) is 0 Å². The molecule has 0 saturated heterocycles. The van der Waals surface area contributed by atoms with Crippen LogP contribution in [0.15, 0.2) is 0 Å². The SMILES string of the molecule is O=[N+]([O-])S(=O)(=O)[O-].[OH3+]. The van der Waals surface area contributed by atoms with Gasteiger partial charge in [-0.15, -0.1) is 0 Å². The lowest BCUT2D eigenvalue weighted by atomic mass is 13.4. The maximum atomic E-state index is 9.08. The van der Waals surface area contributed by atoms with Crippen LogP contribution in [0.5, 0.6) is 0 Å². The van der Waals surface area contributed by atoms with Gasteiger partial charge in [-0.2, -0.15) is 8.42 Å². The van der Waals surface area contributed by atoms with Crippen LogP contribution in [-0.4, -0.2) is 17.3 Å². The monoisotopic (exact) mass is 145 g/mol. The summed E-state index contributed by atoms with van der Waals surface area (Å²) >= 11 is 0. The number of nitrogens with zero attached hydrogens (tertiary/aromatic N) is 1. The first-order chi connectivity index (χ1) is 2.94. The Morgan fingerprint density at radius 1 is 1.38 bits per heavy atom.